The van der Waals surface area contributed by atoms with Crippen molar-refractivity contribution in [2.45, 2.75) is 23.0 Å². The van der Waals surface area contributed by atoms with Crippen molar-refractivity contribution in [3.05, 3.63) is 24.3 Å². The maximum atomic E-state index is 2.31. The quantitative estimate of drug-likeness (QED) is 0.591. The standard InChI is InChI=1S/C12H20S4/c1-11-13-7-3-5-9-15-12(2)16-10-6-4-8-14-11/h3-6,11-12H,7-10H2,1-2H3/b5-3-,6-4-. The van der Waals surface area contributed by atoms with Crippen molar-refractivity contribution in [1.82, 2.24) is 0 Å². The molecule has 0 saturated heterocycles. The molecule has 1 rings (SSSR count). The molecule has 0 aromatic heterocycles. The van der Waals surface area contributed by atoms with Crippen molar-refractivity contribution in [2.24, 2.45) is 0 Å². The zero-order valence-electron chi connectivity index (χ0n) is 9.93. The molecule has 0 atom stereocenters. The van der Waals surface area contributed by atoms with Gasteiger partial charge in [0.25, 0.3) is 0 Å². The van der Waals surface area contributed by atoms with Gasteiger partial charge < -0.3 is 0 Å². The first-order chi connectivity index (χ1) is 7.79. The van der Waals surface area contributed by atoms with Gasteiger partial charge in [-0.15, -0.1) is 47.0 Å². The van der Waals surface area contributed by atoms with E-state index < -0.39 is 0 Å². The molecule has 1 aliphatic heterocycles. The molecule has 0 N–H and O–H groups in total. The molecule has 1 heterocycles. The Hall–Kier alpha value is 0.880. The molecule has 16 heavy (non-hydrogen) atoms. The van der Waals surface area contributed by atoms with Gasteiger partial charge in [-0.3, -0.25) is 0 Å². The van der Waals surface area contributed by atoms with E-state index in [1.807, 2.05) is 47.0 Å². The van der Waals surface area contributed by atoms with E-state index in [2.05, 4.69) is 38.2 Å². The van der Waals surface area contributed by atoms with Crippen LogP contribution < -0.4 is 0 Å². The Bertz CT molecular complexity index is 181. The van der Waals surface area contributed by atoms with Gasteiger partial charge in [0.05, 0.1) is 0 Å². The van der Waals surface area contributed by atoms with Crippen LogP contribution in [0.25, 0.3) is 0 Å². The van der Waals surface area contributed by atoms with Gasteiger partial charge in [0.2, 0.25) is 0 Å². The lowest BCUT2D eigenvalue weighted by molar-refractivity contribution is 1.40. The summed E-state index contributed by atoms with van der Waals surface area (Å²) in [6.07, 6.45) is 9.25. The highest BCUT2D eigenvalue weighted by Gasteiger charge is 2.02. The fraction of sp³-hybridized carbons (Fsp3) is 0.667. The third-order valence-corrected chi connectivity index (χ3v) is 7.09. The molecule has 92 valence electrons. The lowest BCUT2D eigenvalue weighted by Gasteiger charge is -2.09. The molecule has 0 fully saturated rings. The highest BCUT2D eigenvalue weighted by molar-refractivity contribution is 8.17. The van der Waals surface area contributed by atoms with E-state index in [9.17, 15) is 0 Å². The molecule has 0 spiro atoms. The van der Waals surface area contributed by atoms with Crippen LogP contribution in [0.3, 0.4) is 0 Å². The first-order valence-corrected chi connectivity index (χ1v) is 9.75. The monoisotopic (exact) mass is 292 g/mol. The molecule has 1 aliphatic rings. The number of hydrogen-bond acceptors (Lipinski definition) is 4. The number of thioether (sulfide) groups is 4. The van der Waals surface area contributed by atoms with Crippen LogP contribution in [0.15, 0.2) is 24.3 Å². The summed E-state index contributed by atoms with van der Waals surface area (Å²) >= 11 is 8.13. The van der Waals surface area contributed by atoms with Gasteiger partial charge in [0.15, 0.2) is 0 Å². The molecule has 0 saturated carbocycles. The Kier molecular flexibility index (Phi) is 9.21. The van der Waals surface area contributed by atoms with Crippen molar-refractivity contribution in [3.63, 3.8) is 0 Å². The van der Waals surface area contributed by atoms with Gasteiger partial charge in [-0.25, -0.2) is 0 Å². The average molecular weight is 293 g/mol. The lowest BCUT2D eigenvalue weighted by Crippen LogP contribution is -1.94. The van der Waals surface area contributed by atoms with Gasteiger partial charge in [0, 0.05) is 32.2 Å². The summed E-state index contributed by atoms with van der Waals surface area (Å²) < 4.78 is 1.41. The average Bonchev–Trinajstić information content (AvgIpc) is 2.27. The highest BCUT2D eigenvalue weighted by Crippen LogP contribution is 2.25. The van der Waals surface area contributed by atoms with Crippen molar-refractivity contribution >= 4 is 47.0 Å². The maximum Gasteiger partial charge on any atom is 0.0480 e. The van der Waals surface area contributed by atoms with Crippen LogP contribution in [0.1, 0.15) is 13.8 Å². The summed E-state index contributed by atoms with van der Waals surface area (Å²) in [7, 11) is 0. The maximum absolute atomic E-state index is 2.31. The van der Waals surface area contributed by atoms with E-state index in [0.717, 1.165) is 23.0 Å². The second-order valence-corrected chi connectivity index (χ2v) is 9.50. The normalized spacial score (nSPS) is 33.9. The van der Waals surface area contributed by atoms with Crippen molar-refractivity contribution in [1.29, 1.82) is 0 Å². The fourth-order valence-electron chi connectivity index (χ4n) is 1.13. The zero-order chi connectivity index (χ0) is 11.6. The van der Waals surface area contributed by atoms with Crippen LogP contribution in [0.5, 0.6) is 0 Å². The van der Waals surface area contributed by atoms with Crippen LogP contribution in [0.4, 0.5) is 0 Å². The van der Waals surface area contributed by atoms with Crippen LogP contribution in [0, 0.1) is 0 Å². The van der Waals surface area contributed by atoms with Crippen LogP contribution in [0.2, 0.25) is 0 Å². The predicted octanol–water partition coefficient (Wildman–Crippen LogP) is 4.74. The smallest absolute Gasteiger partial charge is 0.0480 e. The first kappa shape index (κ1) is 14.9. The summed E-state index contributed by atoms with van der Waals surface area (Å²) in [5, 5.41) is 0. The van der Waals surface area contributed by atoms with Gasteiger partial charge in [0.1, 0.15) is 0 Å². The minimum Gasteiger partial charge on any atom is -0.144 e. The van der Waals surface area contributed by atoms with Crippen molar-refractivity contribution in [3.8, 4) is 0 Å². The van der Waals surface area contributed by atoms with Crippen molar-refractivity contribution in [2.75, 3.05) is 23.0 Å². The van der Waals surface area contributed by atoms with Crippen molar-refractivity contribution < 1.29 is 0 Å². The second kappa shape index (κ2) is 9.86. The molecule has 0 radical (unpaired) electrons. The SMILES string of the molecule is CC1SC/C=C\CSC(C)SC/C=C\CS1. The summed E-state index contributed by atoms with van der Waals surface area (Å²) in [5.74, 6) is 4.61. The molecule has 0 bridgehead atoms. The molecule has 0 aromatic carbocycles. The third kappa shape index (κ3) is 8.04. The summed E-state index contributed by atoms with van der Waals surface area (Å²) in [4.78, 5) is 0. The van der Waals surface area contributed by atoms with E-state index in [4.69, 9.17) is 0 Å². The second-order valence-electron chi connectivity index (χ2n) is 3.41. The van der Waals surface area contributed by atoms with Crippen LogP contribution >= 0.6 is 47.0 Å². The molecule has 4 heteroatoms. The van der Waals surface area contributed by atoms with E-state index in [1.165, 1.54) is 0 Å². The van der Waals surface area contributed by atoms with E-state index in [0.29, 0.717) is 9.16 Å². The van der Waals surface area contributed by atoms with Crippen LogP contribution in [-0.4, -0.2) is 32.2 Å². The topological polar surface area (TPSA) is 0 Å². The Morgan fingerprint density at radius 2 is 0.875 bits per heavy atom. The molecule has 0 amide bonds. The van der Waals surface area contributed by atoms with E-state index >= 15 is 0 Å². The molecule has 0 aromatic rings. The Labute approximate surface area is 117 Å². The Balaban J connectivity index is 2.34. The fourth-order valence-corrected chi connectivity index (χ4v) is 4.92. The minimum absolute atomic E-state index is 0.705. The summed E-state index contributed by atoms with van der Waals surface area (Å²) in [5.41, 5.74) is 0. The molecule has 0 aliphatic carbocycles. The van der Waals surface area contributed by atoms with E-state index in [1.54, 1.807) is 0 Å². The largest absolute Gasteiger partial charge is 0.144 e. The zero-order valence-corrected chi connectivity index (χ0v) is 13.2. The van der Waals surface area contributed by atoms with Crippen LogP contribution in [-0.2, 0) is 0 Å². The summed E-state index contributed by atoms with van der Waals surface area (Å²) in [6.45, 7) is 4.60. The third-order valence-electron chi connectivity index (χ3n) is 2.04. The molecule has 0 nitrogen and oxygen atoms in total. The lowest BCUT2D eigenvalue weighted by atomic mass is 10.6. The molecule has 0 unspecified atom stereocenters. The van der Waals surface area contributed by atoms with Gasteiger partial charge in [-0.2, -0.15) is 0 Å². The van der Waals surface area contributed by atoms with E-state index in [-0.39, 0.29) is 0 Å². The highest BCUT2D eigenvalue weighted by atomic mass is 32.2. The summed E-state index contributed by atoms with van der Waals surface area (Å²) in [6, 6.07) is 0. The number of rotatable bonds is 0. The van der Waals surface area contributed by atoms with Gasteiger partial charge in [-0.1, -0.05) is 24.3 Å². The van der Waals surface area contributed by atoms with Gasteiger partial charge >= 0.3 is 0 Å². The molecular formula is C12H20S4. The molecular weight excluding hydrogens is 272 g/mol. The number of hydrogen-bond donors (Lipinski definition) is 0. The van der Waals surface area contributed by atoms with Gasteiger partial charge in [-0.05, 0) is 13.8 Å². The predicted molar refractivity (Wildman–Crippen MR) is 87.0 cm³/mol. The first-order valence-electron chi connectivity index (χ1n) is 5.55. The Morgan fingerprint density at radius 1 is 0.625 bits per heavy atom. The minimum atomic E-state index is 0.705. The Morgan fingerprint density at radius 3 is 1.12 bits per heavy atom.